The summed E-state index contributed by atoms with van der Waals surface area (Å²) in [4.78, 5) is 0. The zero-order chi connectivity index (χ0) is 18.7. The highest BCUT2D eigenvalue weighted by atomic mass is 19.1. The second-order valence-electron chi connectivity index (χ2n) is 6.42. The van der Waals surface area contributed by atoms with Crippen LogP contribution in [0.2, 0.25) is 0 Å². The van der Waals surface area contributed by atoms with Gasteiger partial charge < -0.3 is 19.5 Å². The minimum Gasteiger partial charge on any atom is -0.493 e. The highest BCUT2D eigenvalue weighted by molar-refractivity contribution is 5.45. The number of hydrogen-bond donors (Lipinski definition) is 1. The van der Waals surface area contributed by atoms with Crippen LogP contribution in [0.15, 0.2) is 30.3 Å². The molecule has 0 saturated carbocycles. The quantitative estimate of drug-likeness (QED) is 0.852. The number of ether oxygens (including phenoxy) is 3. The van der Waals surface area contributed by atoms with Crippen LogP contribution in [0.1, 0.15) is 17.0 Å². The Morgan fingerprint density at radius 1 is 0.962 bits per heavy atom. The third-order valence-corrected chi connectivity index (χ3v) is 4.95. The van der Waals surface area contributed by atoms with Gasteiger partial charge >= 0.3 is 0 Å². The van der Waals surface area contributed by atoms with Crippen molar-refractivity contribution in [2.45, 2.75) is 12.3 Å². The van der Waals surface area contributed by atoms with Gasteiger partial charge in [-0.15, -0.1) is 0 Å². The van der Waals surface area contributed by atoms with Gasteiger partial charge in [0, 0.05) is 24.1 Å². The molecule has 0 spiro atoms. The topological polar surface area (TPSA) is 39.7 Å². The highest BCUT2D eigenvalue weighted by Gasteiger charge is 2.30. The van der Waals surface area contributed by atoms with Crippen molar-refractivity contribution in [1.29, 1.82) is 0 Å². The molecule has 6 heteroatoms. The average molecular weight is 363 g/mol. The Morgan fingerprint density at radius 2 is 1.73 bits per heavy atom. The molecule has 1 heterocycles. The van der Waals surface area contributed by atoms with Gasteiger partial charge in [-0.3, -0.25) is 0 Å². The molecular formula is C20H23F2NO3. The normalized spacial score (nSPS) is 19.4. The van der Waals surface area contributed by atoms with Crippen LogP contribution < -0.4 is 19.5 Å². The first-order valence-corrected chi connectivity index (χ1v) is 8.52. The van der Waals surface area contributed by atoms with E-state index in [2.05, 4.69) is 5.32 Å². The first kappa shape index (κ1) is 18.5. The van der Waals surface area contributed by atoms with Gasteiger partial charge in [-0.2, -0.15) is 0 Å². The van der Waals surface area contributed by atoms with Gasteiger partial charge in [0.1, 0.15) is 5.82 Å². The monoisotopic (exact) mass is 363 g/mol. The van der Waals surface area contributed by atoms with E-state index in [4.69, 9.17) is 14.2 Å². The van der Waals surface area contributed by atoms with Crippen molar-refractivity contribution >= 4 is 0 Å². The number of halogens is 2. The summed E-state index contributed by atoms with van der Waals surface area (Å²) >= 11 is 0. The molecule has 1 N–H and O–H groups in total. The number of benzene rings is 2. The predicted molar refractivity (Wildman–Crippen MR) is 95.3 cm³/mol. The first-order chi connectivity index (χ1) is 12.6. The molecule has 2 aromatic rings. The Kier molecular flexibility index (Phi) is 5.61. The van der Waals surface area contributed by atoms with Crippen LogP contribution in [0.4, 0.5) is 8.78 Å². The molecular weight excluding hydrogens is 340 g/mol. The molecule has 140 valence electrons. The SMILES string of the molecule is COc1ccc([C@H]2CNC[C@@H]2Cc2cc(F)cc(F)c2OC)cc1OC. The summed E-state index contributed by atoms with van der Waals surface area (Å²) in [5.74, 6) is 0.583. The third kappa shape index (κ3) is 3.60. The van der Waals surface area contributed by atoms with Gasteiger partial charge in [0.05, 0.1) is 21.3 Å². The zero-order valence-electron chi connectivity index (χ0n) is 15.1. The summed E-state index contributed by atoms with van der Waals surface area (Å²) in [5, 5.41) is 3.37. The molecule has 1 aliphatic rings. The summed E-state index contributed by atoms with van der Waals surface area (Å²) in [6.45, 7) is 1.56. The number of rotatable bonds is 6. The van der Waals surface area contributed by atoms with Crippen LogP contribution in [-0.4, -0.2) is 34.4 Å². The summed E-state index contributed by atoms with van der Waals surface area (Å²) in [7, 11) is 4.60. The average Bonchev–Trinajstić information content (AvgIpc) is 3.09. The zero-order valence-corrected chi connectivity index (χ0v) is 15.1. The van der Waals surface area contributed by atoms with E-state index in [1.54, 1.807) is 14.2 Å². The lowest BCUT2D eigenvalue weighted by molar-refractivity contribution is 0.353. The smallest absolute Gasteiger partial charge is 0.168 e. The van der Waals surface area contributed by atoms with E-state index < -0.39 is 11.6 Å². The summed E-state index contributed by atoms with van der Waals surface area (Å²) in [6, 6.07) is 8.06. The van der Waals surface area contributed by atoms with Gasteiger partial charge in [0.2, 0.25) is 0 Å². The van der Waals surface area contributed by atoms with Crippen LogP contribution in [0.3, 0.4) is 0 Å². The molecule has 0 bridgehead atoms. The molecule has 0 aliphatic carbocycles. The van der Waals surface area contributed by atoms with Gasteiger partial charge in [-0.25, -0.2) is 8.78 Å². The van der Waals surface area contributed by atoms with Crippen molar-refractivity contribution in [3.8, 4) is 17.2 Å². The van der Waals surface area contributed by atoms with Crippen LogP contribution in [0, 0.1) is 17.6 Å². The molecule has 2 aromatic carbocycles. The third-order valence-electron chi connectivity index (χ3n) is 4.95. The summed E-state index contributed by atoms with van der Waals surface area (Å²) in [6.07, 6.45) is 0.518. The van der Waals surface area contributed by atoms with E-state index >= 15 is 0 Å². The van der Waals surface area contributed by atoms with Gasteiger partial charge in [0.25, 0.3) is 0 Å². The fraction of sp³-hybridized carbons (Fsp3) is 0.400. The van der Waals surface area contributed by atoms with Crippen molar-refractivity contribution in [2.24, 2.45) is 5.92 Å². The van der Waals surface area contributed by atoms with Gasteiger partial charge in [-0.05, 0) is 42.6 Å². The molecule has 0 unspecified atom stereocenters. The van der Waals surface area contributed by atoms with E-state index in [1.165, 1.54) is 13.2 Å². The minimum atomic E-state index is -0.670. The second kappa shape index (κ2) is 7.91. The summed E-state index contributed by atoms with van der Waals surface area (Å²) in [5.41, 5.74) is 1.65. The Morgan fingerprint density at radius 3 is 2.42 bits per heavy atom. The van der Waals surface area contributed by atoms with Crippen molar-refractivity contribution in [2.75, 3.05) is 34.4 Å². The van der Waals surface area contributed by atoms with E-state index in [1.807, 2.05) is 18.2 Å². The predicted octanol–water partition coefficient (Wildman–Crippen LogP) is 3.54. The molecule has 1 aliphatic heterocycles. The second-order valence-corrected chi connectivity index (χ2v) is 6.42. The molecule has 0 aromatic heterocycles. The Hall–Kier alpha value is -2.34. The van der Waals surface area contributed by atoms with Crippen molar-refractivity contribution in [3.63, 3.8) is 0 Å². The fourth-order valence-corrected chi connectivity index (χ4v) is 3.70. The maximum absolute atomic E-state index is 14.0. The van der Waals surface area contributed by atoms with E-state index in [0.29, 0.717) is 23.5 Å². The number of methoxy groups -OCH3 is 3. The van der Waals surface area contributed by atoms with Crippen molar-refractivity contribution < 1.29 is 23.0 Å². The lowest BCUT2D eigenvalue weighted by atomic mass is 9.84. The lowest BCUT2D eigenvalue weighted by Crippen LogP contribution is -2.15. The summed E-state index contributed by atoms with van der Waals surface area (Å²) < 4.78 is 43.5. The molecule has 0 radical (unpaired) electrons. The maximum Gasteiger partial charge on any atom is 0.168 e. The van der Waals surface area contributed by atoms with Gasteiger partial charge in [0.15, 0.2) is 23.1 Å². The van der Waals surface area contributed by atoms with E-state index in [0.717, 1.165) is 24.7 Å². The number of hydrogen-bond acceptors (Lipinski definition) is 4. The largest absolute Gasteiger partial charge is 0.493 e. The number of nitrogens with one attached hydrogen (secondary N) is 1. The van der Waals surface area contributed by atoms with Crippen LogP contribution in [0.25, 0.3) is 0 Å². The standard InChI is InChI=1S/C20H23F2NO3/c1-24-18-5-4-12(8-19(18)25-2)16-11-23-10-14(16)6-13-7-15(21)9-17(22)20(13)26-3/h4-5,7-9,14,16,23H,6,10-11H2,1-3H3/t14-,16+/m0/s1. The van der Waals surface area contributed by atoms with Crippen molar-refractivity contribution in [3.05, 3.63) is 53.1 Å². The Bertz CT molecular complexity index is 782. The molecule has 4 nitrogen and oxygen atoms in total. The van der Waals surface area contributed by atoms with Crippen molar-refractivity contribution in [1.82, 2.24) is 5.32 Å². The molecule has 3 rings (SSSR count). The molecule has 1 fully saturated rings. The Labute approximate surface area is 152 Å². The van der Waals surface area contributed by atoms with E-state index in [9.17, 15) is 8.78 Å². The van der Waals surface area contributed by atoms with Crippen LogP contribution in [0.5, 0.6) is 17.2 Å². The first-order valence-electron chi connectivity index (χ1n) is 8.52. The highest BCUT2D eigenvalue weighted by Crippen LogP contribution is 2.37. The molecule has 26 heavy (non-hydrogen) atoms. The Balaban J connectivity index is 1.88. The minimum absolute atomic E-state index is 0.115. The molecule has 1 saturated heterocycles. The maximum atomic E-state index is 14.0. The van der Waals surface area contributed by atoms with Crippen LogP contribution >= 0.6 is 0 Å². The molecule has 2 atom stereocenters. The lowest BCUT2D eigenvalue weighted by Gasteiger charge is -2.21. The fourth-order valence-electron chi connectivity index (χ4n) is 3.70. The molecule has 0 amide bonds. The van der Waals surface area contributed by atoms with E-state index in [-0.39, 0.29) is 17.6 Å². The van der Waals surface area contributed by atoms with Gasteiger partial charge in [-0.1, -0.05) is 6.07 Å². The van der Waals surface area contributed by atoms with Crippen LogP contribution in [-0.2, 0) is 6.42 Å².